The summed E-state index contributed by atoms with van der Waals surface area (Å²) >= 11 is 0. The molecule has 0 unspecified atom stereocenters. The van der Waals surface area contributed by atoms with E-state index in [-0.39, 0.29) is 50.8 Å². The Hall–Kier alpha value is -5.93. The van der Waals surface area contributed by atoms with E-state index in [0.29, 0.717) is 5.46 Å². The summed E-state index contributed by atoms with van der Waals surface area (Å²) in [6, 6.07) is -11.7. The van der Waals surface area contributed by atoms with Crippen LogP contribution in [0.3, 0.4) is 0 Å². The van der Waals surface area contributed by atoms with Crippen molar-refractivity contribution in [1.29, 1.82) is 0 Å². The van der Waals surface area contributed by atoms with Crippen molar-refractivity contribution >= 4 is 80.3 Å². The van der Waals surface area contributed by atoms with Gasteiger partial charge in [0.15, 0.2) is 0 Å². The molecule has 7 aromatic rings. The molecule has 5 heteroatoms. The van der Waals surface area contributed by atoms with Crippen molar-refractivity contribution in [2.45, 2.75) is 59.3 Å². The van der Waals surface area contributed by atoms with Gasteiger partial charge in [-0.3, -0.25) is 0 Å². The molecule has 0 bridgehead atoms. The lowest BCUT2D eigenvalue weighted by Crippen LogP contribution is -2.63. The van der Waals surface area contributed by atoms with Crippen LogP contribution in [0.4, 0.5) is 34.1 Å². The monoisotopic (exact) mass is 747 g/mol. The Morgan fingerprint density at radius 1 is 0.446 bits per heavy atom. The first-order valence-electron chi connectivity index (χ1n) is 29.5. The summed E-state index contributed by atoms with van der Waals surface area (Å²) in [6.45, 7) is 8.86. The van der Waals surface area contributed by atoms with Crippen molar-refractivity contribution < 1.29 is 34.9 Å². The predicted octanol–water partition coefficient (Wildman–Crippen LogP) is 9.76. The van der Waals surface area contributed by atoms with Gasteiger partial charge in [-0.15, -0.1) is 0 Å². The third-order valence-electron chi connectivity index (χ3n) is 10.8. The van der Waals surface area contributed by atoms with Gasteiger partial charge in [-0.05, 0) is 116 Å². The van der Waals surface area contributed by atoms with Crippen LogP contribution in [0.25, 0.3) is 0 Å². The summed E-state index contributed by atoms with van der Waals surface area (Å²) in [4.78, 5) is 1.97. The summed E-state index contributed by atoms with van der Waals surface area (Å²) in [7, 11) is 0. The van der Waals surface area contributed by atoms with Gasteiger partial charge in [-0.1, -0.05) is 144 Å². The van der Waals surface area contributed by atoms with Gasteiger partial charge in [0.05, 0.1) is 30.2 Å². The summed E-state index contributed by atoms with van der Waals surface area (Å²) in [5.74, 6) is -1.58. The summed E-state index contributed by atoms with van der Waals surface area (Å²) in [5, 5.41) is 0. The second-order valence-electron chi connectivity index (χ2n) is 15.0. The highest BCUT2D eigenvalue weighted by Gasteiger charge is 2.45. The average molecular weight is 747 g/mol. The van der Waals surface area contributed by atoms with E-state index in [1.807, 2.05) is 53.7 Å². The number of fused-ring (bicyclic) bond motifs is 6. The fraction of sp³-hybridized carbons (Fsp3) is 0.176. The fourth-order valence-electron chi connectivity index (χ4n) is 8.32. The van der Waals surface area contributed by atoms with Crippen LogP contribution in [-0.2, 0) is 0 Å². The van der Waals surface area contributed by atoms with Gasteiger partial charge >= 0.3 is 0 Å². The van der Waals surface area contributed by atoms with Gasteiger partial charge in [0.25, 0.3) is 6.71 Å². The Balaban J connectivity index is 1.55. The molecule has 7 aromatic carbocycles. The SMILES string of the molecule is [2H]c1c([2H])c([2H])c(N2c3c(cc4c(c3[2H])N(c3c([2H])c([2H])c([2H])c([2H])c3[2H])c3c([2H])c([2H])c([2H])c5c3B4c3c([2H])c([2H])c([2H])c([2H])c3O5)B(c3c(C(C)C)cc(C(C)C)cc3C(C)C)c3c([2H])c([2H])c([2H])c([2H])c32)c([2H])c1[2H]. The van der Waals surface area contributed by atoms with Crippen LogP contribution < -0.4 is 47.3 Å². The quantitative estimate of drug-likeness (QED) is 0.158. The number of hydrogen-bond donors (Lipinski definition) is 0. The second-order valence-corrected chi connectivity index (χ2v) is 15.0. The molecule has 3 aliphatic heterocycles. The number of hydrogen-bond acceptors (Lipinski definition) is 3. The third kappa shape index (κ3) is 5.28. The van der Waals surface area contributed by atoms with Crippen molar-refractivity contribution in [3.8, 4) is 11.5 Å². The molecule has 0 atom stereocenters. The highest BCUT2D eigenvalue weighted by molar-refractivity contribution is 7.01. The predicted molar refractivity (Wildman–Crippen MR) is 240 cm³/mol. The van der Waals surface area contributed by atoms with E-state index in [4.69, 9.17) is 17.1 Å². The number of para-hydroxylation sites is 4. The molecular formula is C51H46B2N2O. The zero-order chi connectivity index (χ0) is 57.4. The lowest BCUT2D eigenvalue weighted by atomic mass is 9.30. The molecule has 10 rings (SSSR count). The molecule has 3 heterocycles. The van der Waals surface area contributed by atoms with Crippen LogP contribution in [0.2, 0.25) is 0 Å². The third-order valence-corrected chi connectivity index (χ3v) is 10.8. The lowest BCUT2D eigenvalue weighted by molar-refractivity contribution is 0.487. The number of benzene rings is 7. The smallest absolute Gasteiger partial charge is 0.256 e. The number of anilines is 6. The van der Waals surface area contributed by atoms with Crippen LogP contribution in [0.15, 0.2) is 151 Å². The first kappa shape index (κ1) is 18.3. The normalized spacial score (nSPS) is 19.2. The maximum Gasteiger partial charge on any atom is 0.256 e. The summed E-state index contributed by atoms with van der Waals surface area (Å²) < 4.78 is 210. The maximum absolute atomic E-state index is 10.9. The minimum Gasteiger partial charge on any atom is -0.458 e. The average Bonchev–Trinajstić information content (AvgIpc) is 3.60. The minimum atomic E-state index is -1.60. The van der Waals surface area contributed by atoms with E-state index in [1.54, 1.807) is 0 Å². The topological polar surface area (TPSA) is 15.7 Å². The van der Waals surface area contributed by atoms with Crippen molar-refractivity contribution in [3.05, 3.63) is 168 Å². The molecule has 0 aliphatic carbocycles. The zero-order valence-electron chi connectivity index (χ0n) is 53.4. The maximum atomic E-state index is 10.9. The molecule has 272 valence electrons. The number of rotatable bonds is 6. The fourth-order valence-corrected chi connectivity index (χ4v) is 8.32. The molecule has 0 aromatic heterocycles. The lowest BCUT2D eigenvalue weighted by Gasteiger charge is -2.43. The van der Waals surface area contributed by atoms with Crippen molar-refractivity contribution in [1.82, 2.24) is 0 Å². The van der Waals surface area contributed by atoms with Gasteiger partial charge < -0.3 is 14.5 Å². The molecule has 0 saturated heterocycles. The zero-order valence-corrected chi connectivity index (χ0v) is 31.4. The Kier molecular flexibility index (Phi) is 4.38. The van der Waals surface area contributed by atoms with E-state index in [1.165, 1.54) is 6.07 Å². The van der Waals surface area contributed by atoms with E-state index in [2.05, 4.69) is 0 Å². The molecule has 56 heavy (non-hydrogen) atoms. The van der Waals surface area contributed by atoms with Gasteiger partial charge in [-0.25, -0.2) is 0 Å². The minimum absolute atomic E-state index is 0.0124. The Morgan fingerprint density at radius 3 is 1.55 bits per heavy atom. The first-order chi connectivity index (χ1) is 36.4. The van der Waals surface area contributed by atoms with Gasteiger partial charge in [0.2, 0.25) is 6.71 Å². The van der Waals surface area contributed by atoms with Crippen molar-refractivity contribution in [2.24, 2.45) is 0 Å². The molecular weight excluding hydrogens is 678 g/mol. The molecule has 0 saturated carbocycles. The van der Waals surface area contributed by atoms with Gasteiger partial charge in [-0.2, -0.15) is 0 Å². The molecule has 3 aliphatic rings. The standard InChI is InChI=1S/C51H46B2N2O/c1-32(2)35-28-38(33(3)4)50(39(29-35)34(5)6)52-40-22-13-15-24-44(40)54(36-18-9-7-10-19-36)46-31-47-43(30-42(46)52)53-41-23-14-16-26-48(41)56-49-27-17-25-45(51(49)53)55(47)37-20-11-8-12-21-37/h7-34H,1-6H3/i7D,8D,9D,10D,11D,12D,13D,14D,15D,16D,17D,18D,19D,20D,21D,22D,23D,24D,25D,26D,27D,31D. The number of nitrogens with zero attached hydrogens (tertiary/aromatic N) is 2. The highest BCUT2D eigenvalue weighted by atomic mass is 16.5. The molecule has 0 amide bonds. The molecule has 0 spiro atoms. The summed E-state index contributed by atoms with van der Waals surface area (Å²) in [5.41, 5.74) is -0.845. The van der Waals surface area contributed by atoms with Crippen LogP contribution in [-0.4, -0.2) is 13.4 Å². The molecule has 0 fully saturated rings. The van der Waals surface area contributed by atoms with Crippen molar-refractivity contribution in [2.75, 3.05) is 9.80 Å². The van der Waals surface area contributed by atoms with E-state index in [9.17, 15) is 17.8 Å². The number of ether oxygens (including phenoxy) is 1. The van der Waals surface area contributed by atoms with Crippen molar-refractivity contribution in [3.63, 3.8) is 0 Å². The van der Waals surface area contributed by atoms with Crippen LogP contribution in [0.5, 0.6) is 11.5 Å². The van der Waals surface area contributed by atoms with Crippen LogP contribution >= 0.6 is 0 Å². The van der Waals surface area contributed by atoms with Gasteiger partial charge in [0.1, 0.15) is 11.5 Å². The first-order valence-corrected chi connectivity index (χ1v) is 18.5. The largest absolute Gasteiger partial charge is 0.458 e. The Morgan fingerprint density at radius 2 is 0.946 bits per heavy atom. The highest BCUT2D eigenvalue weighted by Crippen LogP contribution is 2.44. The Bertz CT molecular complexity index is 3820. The summed E-state index contributed by atoms with van der Waals surface area (Å²) in [6.07, 6.45) is 0. The van der Waals surface area contributed by atoms with E-state index < -0.39 is 186 Å². The molecule has 0 N–H and O–H groups in total. The molecule has 0 radical (unpaired) electrons. The van der Waals surface area contributed by atoms with Crippen LogP contribution in [0, 0.1) is 0 Å². The Labute approximate surface area is 363 Å². The molecule has 3 nitrogen and oxygen atoms in total. The van der Waals surface area contributed by atoms with Crippen LogP contribution in [0.1, 0.15) is 106 Å². The van der Waals surface area contributed by atoms with Gasteiger partial charge in [0, 0.05) is 34.1 Å². The second kappa shape index (κ2) is 13.4. The van der Waals surface area contributed by atoms with E-state index >= 15 is 0 Å². The van der Waals surface area contributed by atoms with E-state index in [0.717, 1.165) is 26.5 Å².